The molecule has 242 valence electrons. The van der Waals surface area contributed by atoms with Crippen LogP contribution in [0.15, 0.2) is 164 Å². The fourth-order valence-electron chi connectivity index (χ4n) is 8.27. The summed E-state index contributed by atoms with van der Waals surface area (Å²) < 4.78 is 46.3. The molecule has 0 aliphatic rings. The van der Waals surface area contributed by atoms with Gasteiger partial charge in [0.15, 0.2) is 0 Å². The molecule has 0 fully saturated rings. The third kappa shape index (κ3) is 4.53. The summed E-state index contributed by atoms with van der Waals surface area (Å²) in [6.45, 7) is 0. The van der Waals surface area contributed by atoms with Crippen LogP contribution in [0.4, 0.5) is 13.2 Å². The molecule has 0 bridgehead atoms. The zero-order valence-corrected chi connectivity index (χ0v) is 27.9. The molecule has 0 radical (unpaired) electrons. The molecule has 0 amide bonds. The maximum absolute atomic E-state index is 14.7. The second kappa shape index (κ2) is 11.3. The first-order chi connectivity index (χ1) is 25.0. The first-order valence-corrected chi connectivity index (χ1v) is 17.7. The quantitative estimate of drug-likeness (QED) is 0.163. The molecular formula is C47H27F3S. The highest BCUT2D eigenvalue weighted by molar-refractivity contribution is 7.26. The second-order valence-corrected chi connectivity index (χ2v) is 14.1. The van der Waals surface area contributed by atoms with Gasteiger partial charge in [-0.3, -0.25) is 0 Å². The van der Waals surface area contributed by atoms with Crippen LogP contribution >= 0.6 is 11.3 Å². The Labute approximate surface area is 295 Å². The molecule has 10 rings (SSSR count). The number of alkyl halides is 3. The van der Waals surface area contributed by atoms with Gasteiger partial charge in [-0.05, 0) is 88.6 Å². The molecule has 0 atom stereocenters. The molecule has 1 aromatic heterocycles. The summed E-state index contributed by atoms with van der Waals surface area (Å²) in [5, 5.41) is 8.59. The Balaban J connectivity index is 1.26. The standard InChI is InChI=1S/C47H27F3S/c48-47(49,50)46-36-21-10-8-19-34(36)44(35-20-9-11-22-37(35)46)39-23-12-24-40-45(39)38-26-25-29(27-41(38)51-40)43-32-17-6-4-15-30(32)42(28-13-2-1-3-14-28)31-16-5-7-18-33(31)43/h1-27H. The van der Waals surface area contributed by atoms with Gasteiger partial charge in [-0.2, -0.15) is 13.2 Å². The van der Waals surface area contributed by atoms with Crippen molar-refractivity contribution >= 4 is 74.6 Å². The monoisotopic (exact) mass is 680 g/mol. The van der Waals surface area contributed by atoms with Crippen LogP contribution in [0, 0.1) is 0 Å². The van der Waals surface area contributed by atoms with Crippen molar-refractivity contribution in [3.05, 3.63) is 169 Å². The molecule has 1 heterocycles. The normalized spacial score (nSPS) is 12.2. The van der Waals surface area contributed by atoms with Crippen LogP contribution in [-0.2, 0) is 6.18 Å². The summed E-state index contributed by atoms with van der Waals surface area (Å²) in [6, 6.07) is 54.7. The van der Waals surface area contributed by atoms with E-state index in [0.717, 1.165) is 36.9 Å². The summed E-state index contributed by atoms with van der Waals surface area (Å²) >= 11 is 1.73. The van der Waals surface area contributed by atoms with Crippen molar-refractivity contribution in [2.24, 2.45) is 0 Å². The lowest BCUT2D eigenvalue weighted by atomic mass is 9.85. The molecule has 10 aromatic rings. The van der Waals surface area contributed by atoms with Gasteiger partial charge in [0.1, 0.15) is 0 Å². The van der Waals surface area contributed by atoms with E-state index in [4.69, 9.17) is 0 Å². The number of hydrogen-bond donors (Lipinski definition) is 0. The van der Waals surface area contributed by atoms with Crippen molar-refractivity contribution in [3.8, 4) is 33.4 Å². The number of fused-ring (bicyclic) bond motifs is 7. The highest BCUT2D eigenvalue weighted by Crippen LogP contribution is 2.50. The topological polar surface area (TPSA) is 0 Å². The Morgan fingerprint density at radius 1 is 0.353 bits per heavy atom. The van der Waals surface area contributed by atoms with Crippen LogP contribution in [0.1, 0.15) is 5.56 Å². The summed E-state index contributed by atoms with van der Waals surface area (Å²) in [6.07, 6.45) is -4.50. The minimum Gasteiger partial charge on any atom is -0.166 e. The van der Waals surface area contributed by atoms with E-state index in [1.54, 1.807) is 35.6 Å². The van der Waals surface area contributed by atoms with Crippen LogP contribution < -0.4 is 0 Å². The maximum atomic E-state index is 14.7. The molecule has 9 aromatic carbocycles. The van der Waals surface area contributed by atoms with Crippen LogP contribution in [-0.4, -0.2) is 0 Å². The lowest BCUT2D eigenvalue weighted by Crippen LogP contribution is -2.07. The van der Waals surface area contributed by atoms with Crippen LogP contribution in [0.3, 0.4) is 0 Å². The Morgan fingerprint density at radius 2 is 0.824 bits per heavy atom. The third-order valence-electron chi connectivity index (χ3n) is 10.3. The van der Waals surface area contributed by atoms with Crippen LogP contribution in [0.25, 0.3) is 96.6 Å². The van der Waals surface area contributed by atoms with Crippen LogP contribution in [0.5, 0.6) is 0 Å². The highest BCUT2D eigenvalue weighted by atomic mass is 32.1. The Bertz CT molecular complexity index is 2890. The number of rotatable bonds is 3. The van der Waals surface area contributed by atoms with Crippen molar-refractivity contribution in [2.75, 3.05) is 0 Å². The average molecular weight is 681 g/mol. The Hall–Kier alpha value is -5.97. The molecule has 0 unspecified atom stereocenters. The van der Waals surface area contributed by atoms with E-state index in [0.29, 0.717) is 10.8 Å². The fourth-order valence-corrected chi connectivity index (χ4v) is 9.44. The summed E-state index contributed by atoms with van der Waals surface area (Å²) in [4.78, 5) is 0. The van der Waals surface area contributed by atoms with Crippen molar-refractivity contribution in [2.45, 2.75) is 6.18 Å². The summed E-state index contributed by atoms with van der Waals surface area (Å²) in [5.41, 5.74) is 5.93. The van der Waals surface area contributed by atoms with Gasteiger partial charge in [0.2, 0.25) is 0 Å². The van der Waals surface area contributed by atoms with Gasteiger partial charge >= 0.3 is 6.18 Å². The lowest BCUT2D eigenvalue weighted by Gasteiger charge is -2.19. The first-order valence-electron chi connectivity index (χ1n) is 16.9. The molecule has 0 nitrogen and oxygen atoms in total. The zero-order chi connectivity index (χ0) is 34.3. The summed E-state index contributed by atoms with van der Waals surface area (Å²) in [7, 11) is 0. The molecule has 4 heteroatoms. The molecule has 0 spiro atoms. The molecule has 0 aliphatic heterocycles. The smallest absolute Gasteiger partial charge is 0.166 e. The largest absolute Gasteiger partial charge is 0.417 e. The van der Waals surface area contributed by atoms with Gasteiger partial charge in [-0.25, -0.2) is 0 Å². The summed E-state index contributed by atoms with van der Waals surface area (Å²) in [5.74, 6) is 0. The fraction of sp³-hybridized carbons (Fsp3) is 0.0213. The Kier molecular flexibility index (Phi) is 6.61. The molecule has 0 aliphatic carbocycles. The van der Waals surface area contributed by atoms with E-state index in [9.17, 15) is 13.2 Å². The lowest BCUT2D eigenvalue weighted by molar-refractivity contribution is -0.135. The predicted molar refractivity (Wildman–Crippen MR) is 211 cm³/mol. The van der Waals surface area contributed by atoms with Crippen molar-refractivity contribution in [3.63, 3.8) is 0 Å². The predicted octanol–water partition coefficient (Wildman–Crippen LogP) is 14.7. The zero-order valence-electron chi connectivity index (χ0n) is 27.1. The second-order valence-electron chi connectivity index (χ2n) is 13.0. The molecule has 51 heavy (non-hydrogen) atoms. The van der Waals surface area contributed by atoms with Crippen molar-refractivity contribution < 1.29 is 13.2 Å². The average Bonchev–Trinajstić information content (AvgIpc) is 3.54. The van der Waals surface area contributed by atoms with E-state index in [2.05, 4.69) is 109 Å². The van der Waals surface area contributed by atoms with E-state index in [-0.39, 0.29) is 10.8 Å². The Morgan fingerprint density at radius 3 is 1.35 bits per heavy atom. The number of halogens is 3. The van der Waals surface area contributed by atoms with E-state index in [1.807, 2.05) is 30.3 Å². The molecule has 0 saturated carbocycles. The number of benzene rings is 9. The van der Waals surface area contributed by atoms with Gasteiger partial charge in [0, 0.05) is 20.2 Å². The molecule has 0 N–H and O–H groups in total. The van der Waals surface area contributed by atoms with Gasteiger partial charge in [0.05, 0.1) is 5.56 Å². The SMILES string of the molecule is FC(F)(F)c1c2ccccc2c(-c2cccc3sc4cc(-c5c6ccccc6c(-c6ccccc6)c6ccccc56)ccc4c23)c2ccccc12. The van der Waals surface area contributed by atoms with Gasteiger partial charge < -0.3 is 0 Å². The third-order valence-corrected chi connectivity index (χ3v) is 11.4. The van der Waals surface area contributed by atoms with Crippen LogP contribution in [0.2, 0.25) is 0 Å². The van der Waals surface area contributed by atoms with Gasteiger partial charge in [0.25, 0.3) is 0 Å². The molecular weight excluding hydrogens is 654 g/mol. The van der Waals surface area contributed by atoms with E-state index < -0.39 is 11.7 Å². The highest BCUT2D eigenvalue weighted by Gasteiger charge is 2.36. The van der Waals surface area contributed by atoms with E-state index in [1.165, 1.54) is 38.2 Å². The maximum Gasteiger partial charge on any atom is 0.417 e. The van der Waals surface area contributed by atoms with Gasteiger partial charge in [-0.15, -0.1) is 11.3 Å². The number of thiophene rings is 1. The minimum atomic E-state index is -4.50. The van der Waals surface area contributed by atoms with Crippen molar-refractivity contribution in [1.82, 2.24) is 0 Å². The first kappa shape index (κ1) is 29.9. The number of hydrogen-bond acceptors (Lipinski definition) is 1. The van der Waals surface area contributed by atoms with E-state index >= 15 is 0 Å². The minimum absolute atomic E-state index is 0.218. The van der Waals surface area contributed by atoms with Crippen molar-refractivity contribution in [1.29, 1.82) is 0 Å². The molecule has 0 saturated heterocycles. The van der Waals surface area contributed by atoms with Gasteiger partial charge in [-0.1, -0.05) is 152 Å².